The van der Waals surface area contributed by atoms with Crippen molar-refractivity contribution < 1.29 is 0 Å². The van der Waals surface area contributed by atoms with E-state index in [0.717, 1.165) is 23.7 Å². The van der Waals surface area contributed by atoms with Crippen LogP contribution < -0.4 is 0 Å². The lowest BCUT2D eigenvalue weighted by molar-refractivity contribution is -0.0186. The second-order valence-corrected chi connectivity index (χ2v) is 9.01. The lowest BCUT2D eigenvalue weighted by Crippen LogP contribution is -2.49. The fraction of sp³-hybridized carbons (Fsp3) is 0.900. The standard InChI is InChI=1S/C20H32/c1-14-6-4-13-20(3)16(14)10-11-17-18(20)9-8-15-7-5-12-19(15,17)2/h11,14-16,18H,4-10,12-13H2,1-3H3. The van der Waals surface area contributed by atoms with Crippen molar-refractivity contribution in [3.63, 3.8) is 0 Å². The van der Waals surface area contributed by atoms with Gasteiger partial charge in [0.15, 0.2) is 0 Å². The summed E-state index contributed by atoms with van der Waals surface area (Å²) in [7, 11) is 0. The average molecular weight is 272 g/mol. The van der Waals surface area contributed by atoms with Crippen LogP contribution in [0.3, 0.4) is 0 Å². The van der Waals surface area contributed by atoms with Crippen molar-refractivity contribution in [3.8, 4) is 0 Å². The Bertz CT molecular complexity index is 433. The summed E-state index contributed by atoms with van der Waals surface area (Å²) in [5.74, 6) is 3.89. The van der Waals surface area contributed by atoms with Crippen LogP contribution in [0.2, 0.25) is 0 Å². The van der Waals surface area contributed by atoms with E-state index in [1.54, 1.807) is 0 Å². The fourth-order valence-electron chi connectivity index (χ4n) is 7.09. The molecule has 3 fully saturated rings. The van der Waals surface area contributed by atoms with Gasteiger partial charge in [-0.15, -0.1) is 0 Å². The van der Waals surface area contributed by atoms with Gasteiger partial charge in [-0.25, -0.2) is 0 Å². The number of hydrogen-bond donors (Lipinski definition) is 0. The van der Waals surface area contributed by atoms with Crippen LogP contribution in [0, 0.1) is 34.5 Å². The Morgan fingerprint density at radius 3 is 2.65 bits per heavy atom. The Labute approximate surface area is 125 Å². The molecular formula is C20H32. The highest BCUT2D eigenvalue weighted by molar-refractivity contribution is 5.29. The van der Waals surface area contributed by atoms with Gasteiger partial charge in [0.25, 0.3) is 0 Å². The van der Waals surface area contributed by atoms with Crippen molar-refractivity contribution in [3.05, 3.63) is 11.6 Å². The Kier molecular flexibility index (Phi) is 2.93. The second kappa shape index (κ2) is 4.37. The first-order chi connectivity index (χ1) is 9.56. The predicted octanol–water partition coefficient (Wildman–Crippen LogP) is 5.98. The van der Waals surface area contributed by atoms with Gasteiger partial charge in [0, 0.05) is 0 Å². The van der Waals surface area contributed by atoms with Gasteiger partial charge in [-0.1, -0.05) is 51.7 Å². The molecule has 3 saturated carbocycles. The first kappa shape index (κ1) is 13.4. The Balaban J connectivity index is 1.75. The summed E-state index contributed by atoms with van der Waals surface area (Å²) in [6.45, 7) is 7.83. The predicted molar refractivity (Wildman–Crippen MR) is 85.5 cm³/mol. The van der Waals surface area contributed by atoms with Gasteiger partial charge >= 0.3 is 0 Å². The average Bonchev–Trinajstić information content (AvgIpc) is 2.80. The maximum Gasteiger partial charge on any atom is -0.00852 e. The van der Waals surface area contributed by atoms with Crippen molar-refractivity contribution in [2.24, 2.45) is 34.5 Å². The molecule has 0 heteroatoms. The zero-order valence-electron chi connectivity index (χ0n) is 13.8. The van der Waals surface area contributed by atoms with Crippen LogP contribution in [0.5, 0.6) is 0 Å². The molecule has 0 spiro atoms. The van der Waals surface area contributed by atoms with E-state index in [0.29, 0.717) is 10.8 Å². The Morgan fingerprint density at radius 2 is 1.80 bits per heavy atom. The van der Waals surface area contributed by atoms with Crippen LogP contribution in [0.15, 0.2) is 11.6 Å². The fourth-order valence-corrected chi connectivity index (χ4v) is 7.09. The van der Waals surface area contributed by atoms with Crippen molar-refractivity contribution in [1.29, 1.82) is 0 Å². The van der Waals surface area contributed by atoms with Crippen LogP contribution >= 0.6 is 0 Å². The van der Waals surface area contributed by atoms with Gasteiger partial charge in [-0.2, -0.15) is 0 Å². The molecule has 6 atom stereocenters. The molecule has 4 rings (SSSR count). The van der Waals surface area contributed by atoms with Gasteiger partial charge < -0.3 is 0 Å². The molecular weight excluding hydrogens is 240 g/mol. The zero-order chi connectivity index (χ0) is 14.0. The lowest BCUT2D eigenvalue weighted by atomic mass is 9.46. The number of hydrogen-bond acceptors (Lipinski definition) is 0. The van der Waals surface area contributed by atoms with Gasteiger partial charge in [-0.3, -0.25) is 0 Å². The van der Waals surface area contributed by atoms with E-state index >= 15 is 0 Å². The van der Waals surface area contributed by atoms with Gasteiger partial charge in [-0.05, 0) is 73.0 Å². The van der Waals surface area contributed by atoms with Gasteiger partial charge in [0.2, 0.25) is 0 Å². The Hall–Kier alpha value is -0.260. The second-order valence-electron chi connectivity index (χ2n) is 9.01. The molecule has 20 heavy (non-hydrogen) atoms. The summed E-state index contributed by atoms with van der Waals surface area (Å²) < 4.78 is 0. The van der Waals surface area contributed by atoms with Crippen molar-refractivity contribution in [2.75, 3.05) is 0 Å². The van der Waals surface area contributed by atoms with E-state index < -0.39 is 0 Å². The minimum absolute atomic E-state index is 0.595. The molecule has 4 aliphatic rings. The largest absolute Gasteiger partial charge is 0.0842 e. The summed E-state index contributed by atoms with van der Waals surface area (Å²) in [5.41, 5.74) is 3.16. The highest BCUT2D eigenvalue weighted by Gasteiger charge is 2.56. The van der Waals surface area contributed by atoms with Crippen molar-refractivity contribution in [1.82, 2.24) is 0 Å². The molecule has 0 amide bonds. The Morgan fingerprint density at radius 1 is 1.00 bits per heavy atom. The molecule has 6 unspecified atom stereocenters. The quantitative estimate of drug-likeness (QED) is 0.476. The summed E-state index contributed by atoms with van der Waals surface area (Å²) in [6.07, 6.45) is 16.1. The van der Waals surface area contributed by atoms with Crippen LogP contribution in [0.25, 0.3) is 0 Å². The first-order valence-corrected chi connectivity index (χ1v) is 9.26. The molecule has 0 aromatic carbocycles. The molecule has 0 nitrogen and oxygen atoms in total. The lowest BCUT2D eigenvalue weighted by Gasteiger charge is -2.58. The molecule has 0 aromatic rings. The van der Waals surface area contributed by atoms with Gasteiger partial charge in [0.1, 0.15) is 0 Å². The van der Waals surface area contributed by atoms with Crippen LogP contribution in [-0.2, 0) is 0 Å². The maximum atomic E-state index is 2.75. The van der Waals surface area contributed by atoms with E-state index in [9.17, 15) is 0 Å². The normalized spacial score (nSPS) is 54.6. The third kappa shape index (κ3) is 1.60. The maximum absolute atomic E-state index is 2.75. The summed E-state index contributed by atoms with van der Waals surface area (Å²) in [5, 5.41) is 0. The summed E-state index contributed by atoms with van der Waals surface area (Å²) in [6, 6.07) is 0. The third-order valence-electron chi connectivity index (χ3n) is 8.29. The molecule has 0 aromatic heterocycles. The highest BCUT2D eigenvalue weighted by atomic mass is 14.6. The molecule has 0 aliphatic heterocycles. The molecule has 0 N–H and O–H groups in total. The number of rotatable bonds is 0. The monoisotopic (exact) mass is 272 g/mol. The third-order valence-corrected chi connectivity index (χ3v) is 8.29. The zero-order valence-corrected chi connectivity index (χ0v) is 13.8. The molecule has 0 bridgehead atoms. The minimum atomic E-state index is 0.595. The van der Waals surface area contributed by atoms with E-state index in [-0.39, 0.29) is 0 Å². The van der Waals surface area contributed by atoms with E-state index in [2.05, 4.69) is 26.8 Å². The van der Waals surface area contributed by atoms with E-state index in [4.69, 9.17) is 0 Å². The number of fused-ring (bicyclic) bond motifs is 5. The molecule has 4 aliphatic carbocycles. The molecule has 0 heterocycles. The first-order valence-electron chi connectivity index (χ1n) is 9.26. The summed E-state index contributed by atoms with van der Waals surface area (Å²) >= 11 is 0. The van der Waals surface area contributed by atoms with Gasteiger partial charge in [0.05, 0.1) is 0 Å². The van der Waals surface area contributed by atoms with E-state index in [1.807, 2.05) is 5.57 Å². The molecule has 0 radical (unpaired) electrons. The number of allylic oxidation sites excluding steroid dienone is 2. The topological polar surface area (TPSA) is 0 Å². The highest BCUT2D eigenvalue weighted by Crippen LogP contribution is 2.65. The van der Waals surface area contributed by atoms with Crippen molar-refractivity contribution >= 4 is 0 Å². The van der Waals surface area contributed by atoms with Crippen LogP contribution in [0.1, 0.15) is 78.6 Å². The van der Waals surface area contributed by atoms with E-state index in [1.165, 1.54) is 57.8 Å². The van der Waals surface area contributed by atoms with Crippen LogP contribution in [-0.4, -0.2) is 0 Å². The SMILES string of the molecule is CC1CCCC2(C)C3CCC4CCCC4(C)C3=CCC12. The molecule has 112 valence electrons. The van der Waals surface area contributed by atoms with Crippen molar-refractivity contribution in [2.45, 2.75) is 78.6 Å². The van der Waals surface area contributed by atoms with Crippen LogP contribution in [0.4, 0.5) is 0 Å². The molecule has 0 saturated heterocycles. The minimum Gasteiger partial charge on any atom is -0.0842 e. The smallest absolute Gasteiger partial charge is 0.00852 e. The summed E-state index contributed by atoms with van der Waals surface area (Å²) in [4.78, 5) is 0.